The van der Waals surface area contributed by atoms with Crippen molar-refractivity contribution in [1.29, 1.82) is 0 Å². The molecular formula is C18H27NO. The maximum atomic E-state index is 6.66. The van der Waals surface area contributed by atoms with Crippen LogP contribution in [0.3, 0.4) is 0 Å². The second-order valence-electron chi connectivity index (χ2n) is 6.77. The van der Waals surface area contributed by atoms with Crippen molar-refractivity contribution in [3.05, 3.63) is 29.3 Å². The third-order valence-corrected chi connectivity index (χ3v) is 5.23. The van der Waals surface area contributed by atoms with Crippen molar-refractivity contribution in [1.82, 2.24) is 0 Å². The molecule has 1 heterocycles. The third-order valence-electron chi connectivity index (χ3n) is 5.23. The van der Waals surface area contributed by atoms with Gasteiger partial charge in [-0.15, -0.1) is 0 Å². The molecule has 1 saturated carbocycles. The molecule has 0 aromatic heterocycles. The Kier molecular flexibility index (Phi) is 4.02. The van der Waals surface area contributed by atoms with Crippen molar-refractivity contribution < 1.29 is 4.74 Å². The second kappa shape index (κ2) is 5.77. The van der Waals surface area contributed by atoms with E-state index < -0.39 is 0 Å². The highest BCUT2D eigenvalue weighted by Crippen LogP contribution is 2.35. The Bertz CT molecular complexity index is 470. The van der Waals surface area contributed by atoms with Crippen molar-refractivity contribution >= 4 is 0 Å². The van der Waals surface area contributed by atoms with Gasteiger partial charge in [-0.05, 0) is 48.8 Å². The van der Waals surface area contributed by atoms with Crippen molar-refractivity contribution in [3.63, 3.8) is 0 Å². The Labute approximate surface area is 122 Å². The van der Waals surface area contributed by atoms with Gasteiger partial charge in [-0.25, -0.2) is 0 Å². The number of aryl methyl sites for hydroxylation is 1. The topological polar surface area (TPSA) is 35.2 Å². The van der Waals surface area contributed by atoms with Crippen molar-refractivity contribution in [2.24, 2.45) is 11.7 Å². The van der Waals surface area contributed by atoms with Crippen LogP contribution in [0.15, 0.2) is 18.2 Å². The van der Waals surface area contributed by atoms with Gasteiger partial charge in [0.25, 0.3) is 0 Å². The van der Waals surface area contributed by atoms with Gasteiger partial charge < -0.3 is 10.5 Å². The normalized spacial score (nSPS) is 29.0. The summed E-state index contributed by atoms with van der Waals surface area (Å²) in [5.41, 5.74) is 9.55. The molecule has 0 bridgehead atoms. The highest BCUT2D eigenvalue weighted by atomic mass is 16.5. The minimum Gasteiger partial charge on any atom is -0.493 e. The van der Waals surface area contributed by atoms with Crippen LogP contribution in [0.5, 0.6) is 5.75 Å². The van der Waals surface area contributed by atoms with E-state index in [0.717, 1.165) is 37.5 Å². The van der Waals surface area contributed by atoms with Crippen molar-refractivity contribution in [2.45, 2.75) is 63.8 Å². The summed E-state index contributed by atoms with van der Waals surface area (Å²) in [7, 11) is 0. The molecule has 1 fully saturated rings. The minimum atomic E-state index is 0.0778. The molecule has 110 valence electrons. The van der Waals surface area contributed by atoms with Gasteiger partial charge in [0.15, 0.2) is 0 Å². The lowest BCUT2D eigenvalue weighted by Gasteiger charge is -2.38. The van der Waals surface area contributed by atoms with E-state index in [1.807, 2.05) is 0 Å². The Hall–Kier alpha value is -1.02. The first-order valence-electron chi connectivity index (χ1n) is 8.22. The first kappa shape index (κ1) is 13.9. The van der Waals surface area contributed by atoms with E-state index in [-0.39, 0.29) is 5.54 Å². The smallest absolute Gasteiger partial charge is 0.122 e. The van der Waals surface area contributed by atoms with Gasteiger partial charge in [0.1, 0.15) is 5.75 Å². The zero-order valence-corrected chi connectivity index (χ0v) is 12.7. The number of hydrogen-bond donors (Lipinski definition) is 1. The summed E-state index contributed by atoms with van der Waals surface area (Å²) in [5, 5.41) is 0. The Morgan fingerprint density at radius 2 is 2.30 bits per heavy atom. The van der Waals surface area contributed by atoms with Crippen LogP contribution in [-0.2, 0) is 12.8 Å². The molecule has 2 N–H and O–H groups in total. The largest absolute Gasteiger partial charge is 0.493 e. The molecular weight excluding hydrogens is 246 g/mol. The summed E-state index contributed by atoms with van der Waals surface area (Å²) in [4.78, 5) is 0. The van der Waals surface area contributed by atoms with Gasteiger partial charge in [0.2, 0.25) is 0 Å². The summed E-state index contributed by atoms with van der Waals surface area (Å²) in [5.74, 6) is 1.93. The van der Waals surface area contributed by atoms with Crippen LogP contribution in [0.2, 0.25) is 0 Å². The maximum Gasteiger partial charge on any atom is 0.122 e. The second-order valence-corrected chi connectivity index (χ2v) is 6.77. The average Bonchev–Trinajstić information content (AvgIpc) is 2.93. The number of ether oxygens (including phenoxy) is 1. The Balaban J connectivity index is 1.61. The Morgan fingerprint density at radius 3 is 3.15 bits per heavy atom. The maximum absolute atomic E-state index is 6.66. The molecule has 2 atom stereocenters. The lowest BCUT2D eigenvalue weighted by molar-refractivity contribution is 0.208. The van der Waals surface area contributed by atoms with E-state index >= 15 is 0 Å². The molecule has 0 saturated heterocycles. The number of benzene rings is 1. The van der Waals surface area contributed by atoms with E-state index in [0.29, 0.717) is 0 Å². The average molecular weight is 273 g/mol. The molecule has 2 unspecified atom stereocenters. The zero-order chi connectivity index (χ0) is 14.0. The van der Waals surface area contributed by atoms with Gasteiger partial charge in [0, 0.05) is 12.0 Å². The van der Waals surface area contributed by atoms with Gasteiger partial charge >= 0.3 is 0 Å². The van der Waals surface area contributed by atoms with Gasteiger partial charge in [-0.2, -0.15) is 0 Å². The first-order valence-corrected chi connectivity index (χ1v) is 8.22. The fourth-order valence-electron chi connectivity index (χ4n) is 3.89. The van der Waals surface area contributed by atoms with Crippen molar-refractivity contribution in [3.8, 4) is 5.75 Å². The SMILES string of the molecule is CCC1CCCC(N)(CCc2ccc3c(c2)CCO3)C1. The zero-order valence-electron chi connectivity index (χ0n) is 12.7. The van der Waals surface area contributed by atoms with Crippen LogP contribution in [0.4, 0.5) is 0 Å². The fraction of sp³-hybridized carbons (Fsp3) is 0.667. The molecule has 3 rings (SSSR count). The fourth-order valence-corrected chi connectivity index (χ4v) is 3.89. The predicted octanol–water partition coefficient (Wildman–Crippen LogP) is 3.85. The van der Waals surface area contributed by atoms with E-state index in [9.17, 15) is 0 Å². The molecule has 1 aliphatic carbocycles. The third kappa shape index (κ3) is 3.01. The molecule has 0 amide bonds. The molecule has 0 spiro atoms. The van der Waals surface area contributed by atoms with Crippen LogP contribution >= 0.6 is 0 Å². The van der Waals surface area contributed by atoms with Gasteiger partial charge in [-0.3, -0.25) is 0 Å². The van der Waals surface area contributed by atoms with E-state index in [1.54, 1.807) is 0 Å². The highest BCUT2D eigenvalue weighted by molar-refractivity contribution is 5.39. The van der Waals surface area contributed by atoms with E-state index in [1.165, 1.54) is 43.2 Å². The number of rotatable bonds is 4. The minimum absolute atomic E-state index is 0.0778. The molecule has 2 aliphatic rings. The molecule has 0 radical (unpaired) electrons. The van der Waals surface area contributed by atoms with Crippen molar-refractivity contribution in [2.75, 3.05) is 6.61 Å². The molecule has 2 heteroatoms. The van der Waals surface area contributed by atoms with E-state index in [2.05, 4.69) is 25.1 Å². The molecule has 1 aromatic carbocycles. The van der Waals surface area contributed by atoms with Crippen LogP contribution < -0.4 is 10.5 Å². The lowest BCUT2D eigenvalue weighted by atomic mass is 9.73. The lowest BCUT2D eigenvalue weighted by Crippen LogP contribution is -2.44. The first-order chi connectivity index (χ1) is 9.68. The monoisotopic (exact) mass is 273 g/mol. The summed E-state index contributed by atoms with van der Waals surface area (Å²) in [6, 6.07) is 6.68. The summed E-state index contributed by atoms with van der Waals surface area (Å²) in [6.45, 7) is 3.15. The van der Waals surface area contributed by atoms with Crippen LogP contribution in [0.1, 0.15) is 56.6 Å². The predicted molar refractivity (Wildman–Crippen MR) is 83.1 cm³/mol. The molecule has 2 nitrogen and oxygen atoms in total. The van der Waals surface area contributed by atoms with Gasteiger partial charge in [0.05, 0.1) is 6.61 Å². The molecule has 1 aliphatic heterocycles. The van der Waals surface area contributed by atoms with Crippen LogP contribution in [0.25, 0.3) is 0 Å². The van der Waals surface area contributed by atoms with Crippen LogP contribution in [0, 0.1) is 5.92 Å². The standard InChI is InChI=1S/C18H27NO/c1-2-14-4-3-9-18(19,13-14)10-7-15-5-6-17-16(12-15)8-11-20-17/h5-6,12,14H,2-4,7-11,13,19H2,1H3. The molecule has 1 aromatic rings. The number of fused-ring (bicyclic) bond motifs is 1. The summed E-state index contributed by atoms with van der Waals surface area (Å²) in [6.07, 6.45) is 9.71. The summed E-state index contributed by atoms with van der Waals surface area (Å²) < 4.78 is 5.57. The quantitative estimate of drug-likeness (QED) is 0.904. The highest BCUT2D eigenvalue weighted by Gasteiger charge is 2.31. The van der Waals surface area contributed by atoms with Crippen LogP contribution in [-0.4, -0.2) is 12.1 Å². The van der Waals surface area contributed by atoms with E-state index in [4.69, 9.17) is 10.5 Å². The number of hydrogen-bond acceptors (Lipinski definition) is 2. The molecule has 20 heavy (non-hydrogen) atoms. The number of nitrogens with two attached hydrogens (primary N) is 1. The van der Waals surface area contributed by atoms with Gasteiger partial charge in [-0.1, -0.05) is 38.3 Å². The summed E-state index contributed by atoms with van der Waals surface area (Å²) >= 11 is 0. The Morgan fingerprint density at radius 1 is 1.40 bits per heavy atom.